The molecular weight excluding hydrogens is 344 g/mol. The van der Waals surface area contributed by atoms with Gasteiger partial charge in [-0.25, -0.2) is 14.3 Å². The summed E-state index contributed by atoms with van der Waals surface area (Å²) in [5, 5.41) is 0.942. The van der Waals surface area contributed by atoms with E-state index in [2.05, 4.69) is 33.1 Å². The van der Waals surface area contributed by atoms with Gasteiger partial charge >= 0.3 is 6.09 Å². The minimum Gasteiger partial charge on any atom is -0.443 e. The van der Waals surface area contributed by atoms with Crippen LogP contribution in [0.2, 0.25) is 0 Å². The highest BCUT2D eigenvalue weighted by molar-refractivity contribution is 9.10. The summed E-state index contributed by atoms with van der Waals surface area (Å²) < 4.78 is 7.84. The summed E-state index contributed by atoms with van der Waals surface area (Å²) in [6.45, 7) is 5.57. The van der Waals surface area contributed by atoms with Gasteiger partial charge < -0.3 is 4.74 Å². The standard InChI is InChI=1S/C17H19BrN2O2/c1-17(2,3)22-16(21)20-10-12(7-6-11-4-5-11)14-8-13(18)9-19-15(14)20/h6-11H,4-5H2,1-3H3. The van der Waals surface area contributed by atoms with Crippen molar-refractivity contribution in [2.45, 2.75) is 39.2 Å². The van der Waals surface area contributed by atoms with Gasteiger partial charge in [-0.1, -0.05) is 12.2 Å². The van der Waals surface area contributed by atoms with Crippen molar-refractivity contribution in [2.24, 2.45) is 5.92 Å². The molecule has 0 aromatic carbocycles. The molecule has 0 bridgehead atoms. The topological polar surface area (TPSA) is 44.1 Å². The number of rotatable bonds is 2. The molecule has 1 aliphatic carbocycles. The number of nitrogens with zero attached hydrogens (tertiary/aromatic N) is 2. The molecule has 1 aliphatic rings. The number of pyridine rings is 1. The van der Waals surface area contributed by atoms with Crippen LogP contribution < -0.4 is 0 Å². The maximum Gasteiger partial charge on any atom is 0.420 e. The van der Waals surface area contributed by atoms with E-state index in [-0.39, 0.29) is 0 Å². The predicted molar refractivity (Wildman–Crippen MR) is 90.8 cm³/mol. The van der Waals surface area contributed by atoms with Crippen LogP contribution in [0.25, 0.3) is 17.1 Å². The fourth-order valence-corrected chi connectivity index (χ4v) is 2.55. The number of halogens is 1. The van der Waals surface area contributed by atoms with Crippen LogP contribution in [0.15, 0.2) is 29.0 Å². The van der Waals surface area contributed by atoms with Gasteiger partial charge in [0.2, 0.25) is 0 Å². The first-order chi connectivity index (χ1) is 10.3. The summed E-state index contributed by atoms with van der Waals surface area (Å²) in [6.07, 6.45) is 9.88. The quantitative estimate of drug-likeness (QED) is 0.754. The molecule has 0 N–H and O–H groups in total. The highest BCUT2D eigenvalue weighted by Gasteiger charge is 2.22. The molecule has 0 spiro atoms. The van der Waals surface area contributed by atoms with Crippen LogP contribution in [0, 0.1) is 5.92 Å². The van der Waals surface area contributed by atoms with Crippen molar-refractivity contribution >= 4 is 39.1 Å². The van der Waals surface area contributed by atoms with Crippen molar-refractivity contribution < 1.29 is 9.53 Å². The van der Waals surface area contributed by atoms with Gasteiger partial charge in [0.1, 0.15) is 11.2 Å². The molecule has 0 unspecified atom stereocenters. The van der Waals surface area contributed by atoms with Gasteiger partial charge in [0.05, 0.1) is 0 Å². The highest BCUT2D eigenvalue weighted by Crippen LogP contribution is 2.32. The highest BCUT2D eigenvalue weighted by atomic mass is 79.9. The SMILES string of the molecule is CC(C)(C)OC(=O)n1cc(C=CC2CC2)c2cc(Br)cnc21. The van der Waals surface area contributed by atoms with Crippen LogP contribution >= 0.6 is 15.9 Å². The smallest absolute Gasteiger partial charge is 0.420 e. The van der Waals surface area contributed by atoms with E-state index >= 15 is 0 Å². The number of fused-ring (bicyclic) bond motifs is 1. The number of carbonyl (C=O) groups excluding carboxylic acids is 1. The maximum absolute atomic E-state index is 12.4. The predicted octanol–water partition coefficient (Wildman–Crippen LogP) is 5.01. The van der Waals surface area contributed by atoms with Crippen LogP contribution in [0.1, 0.15) is 39.2 Å². The third-order valence-corrected chi connectivity index (χ3v) is 3.83. The third kappa shape index (κ3) is 3.40. The minimum atomic E-state index is -0.535. The van der Waals surface area contributed by atoms with Crippen molar-refractivity contribution in [3.8, 4) is 0 Å². The summed E-state index contributed by atoms with van der Waals surface area (Å²) in [7, 11) is 0. The second kappa shape index (κ2) is 5.54. The molecule has 5 heteroatoms. The van der Waals surface area contributed by atoms with Gasteiger partial charge in [0.25, 0.3) is 0 Å². The molecule has 0 saturated heterocycles. The van der Waals surface area contributed by atoms with E-state index < -0.39 is 11.7 Å². The lowest BCUT2D eigenvalue weighted by Crippen LogP contribution is -2.26. The van der Waals surface area contributed by atoms with Gasteiger partial charge in [-0.3, -0.25) is 0 Å². The maximum atomic E-state index is 12.4. The van der Waals surface area contributed by atoms with Crippen molar-refractivity contribution in [2.75, 3.05) is 0 Å². The van der Waals surface area contributed by atoms with Crippen molar-refractivity contribution in [1.29, 1.82) is 0 Å². The lowest BCUT2D eigenvalue weighted by molar-refractivity contribution is 0.0543. The second-order valence-electron chi connectivity index (χ2n) is 6.66. The Morgan fingerprint density at radius 3 is 2.82 bits per heavy atom. The zero-order chi connectivity index (χ0) is 15.9. The summed E-state index contributed by atoms with van der Waals surface area (Å²) in [5.74, 6) is 0.681. The molecule has 0 radical (unpaired) electrons. The van der Waals surface area contributed by atoms with Crippen LogP contribution in [0.4, 0.5) is 4.79 Å². The molecule has 1 saturated carbocycles. The first kappa shape index (κ1) is 15.3. The Kier molecular flexibility index (Phi) is 3.85. The van der Waals surface area contributed by atoms with Gasteiger partial charge in [-0.15, -0.1) is 0 Å². The Balaban J connectivity index is 2.04. The van der Waals surface area contributed by atoms with E-state index in [1.165, 1.54) is 17.4 Å². The summed E-state index contributed by atoms with van der Waals surface area (Å²) >= 11 is 3.44. The van der Waals surface area contributed by atoms with Gasteiger partial charge in [0.15, 0.2) is 0 Å². The van der Waals surface area contributed by atoms with E-state index in [0.29, 0.717) is 11.6 Å². The Hall–Kier alpha value is -1.62. The fourth-order valence-electron chi connectivity index (χ4n) is 2.22. The number of allylic oxidation sites excluding steroid dienone is 1. The fraction of sp³-hybridized carbons (Fsp3) is 0.412. The lowest BCUT2D eigenvalue weighted by atomic mass is 10.2. The second-order valence-corrected chi connectivity index (χ2v) is 7.57. The first-order valence-corrected chi connectivity index (χ1v) is 8.21. The molecule has 4 nitrogen and oxygen atoms in total. The molecule has 2 aromatic rings. The van der Waals surface area contributed by atoms with Crippen molar-refractivity contribution in [1.82, 2.24) is 9.55 Å². The average molecular weight is 363 g/mol. The van der Waals surface area contributed by atoms with Crippen molar-refractivity contribution in [3.05, 3.63) is 34.6 Å². The average Bonchev–Trinajstić information content (AvgIpc) is 3.16. The number of aromatic nitrogens is 2. The van der Waals surface area contributed by atoms with E-state index in [9.17, 15) is 4.79 Å². The number of carbonyl (C=O) groups is 1. The molecule has 2 heterocycles. The van der Waals surface area contributed by atoms with E-state index in [1.807, 2.05) is 26.8 Å². The number of hydrogen-bond donors (Lipinski definition) is 0. The summed E-state index contributed by atoms with van der Waals surface area (Å²) in [4.78, 5) is 16.8. The summed E-state index contributed by atoms with van der Waals surface area (Å²) in [5.41, 5.74) is 1.07. The molecule has 0 aliphatic heterocycles. The molecule has 0 amide bonds. The van der Waals surface area contributed by atoms with Crippen molar-refractivity contribution in [3.63, 3.8) is 0 Å². The Bertz CT molecular complexity index is 752. The minimum absolute atomic E-state index is 0.404. The molecular formula is C17H19BrN2O2. The van der Waals surface area contributed by atoms with Crippen LogP contribution in [-0.4, -0.2) is 21.2 Å². The first-order valence-electron chi connectivity index (χ1n) is 7.42. The molecule has 0 atom stereocenters. The van der Waals surface area contributed by atoms with E-state index in [4.69, 9.17) is 4.74 Å². The van der Waals surface area contributed by atoms with Gasteiger partial charge in [-0.05, 0) is 61.5 Å². The van der Waals surface area contributed by atoms with Gasteiger partial charge in [0, 0.05) is 27.8 Å². The summed E-state index contributed by atoms with van der Waals surface area (Å²) in [6, 6.07) is 1.98. The molecule has 2 aromatic heterocycles. The number of ether oxygens (including phenoxy) is 1. The van der Waals surface area contributed by atoms with E-state index in [1.54, 1.807) is 12.4 Å². The molecule has 22 heavy (non-hydrogen) atoms. The Morgan fingerprint density at radius 1 is 1.45 bits per heavy atom. The zero-order valence-electron chi connectivity index (χ0n) is 13.0. The lowest BCUT2D eigenvalue weighted by Gasteiger charge is -2.19. The normalized spacial score (nSPS) is 15.6. The number of hydrogen-bond acceptors (Lipinski definition) is 3. The monoisotopic (exact) mass is 362 g/mol. The van der Waals surface area contributed by atoms with E-state index in [0.717, 1.165) is 15.4 Å². The Morgan fingerprint density at radius 2 is 2.18 bits per heavy atom. The van der Waals surface area contributed by atoms with Gasteiger partial charge in [-0.2, -0.15) is 0 Å². The van der Waals surface area contributed by atoms with Crippen LogP contribution in [-0.2, 0) is 4.74 Å². The zero-order valence-corrected chi connectivity index (χ0v) is 14.6. The largest absolute Gasteiger partial charge is 0.443 e. The van der Waals surface area contributed by atoms with Crippen LogP contribution in [0.3, 0.4) is 0 Å². The molecule has 116 valence electrons. The van der Waals surface area contributed by atoms with Crippen LogP contribution in [0.5, 0.6) is 0 Å². The third-order valence-electron chi connectivity index (χ3n) is 3.40. The molecule has 1 fully saturated rings. The Labute approximate surface area is 138 Å². The molecule has 3 rings (SSSR count).